The Hall–Kier alpha value is 0.0400. The molecule has 90 valence electrons. The van der Waals surface area contributed by atoms with Gasteiger partial charge in [-0.15, -0.1) is 0 Å². The van der Waals surface area contributed by atoms with E-state index in [4.69, 9.17) is 27.9 Å². The molecular weight excluding hydrogens is 313 g/mol. The number of hydrogen-bond acceptors (Lipinski definition) is 2. The van der Waals surface area contributed by atoms with Gasteiger partial charge in [0.2, 0.25) is 0 Å². The maximum Gasteiger partial charge on any atom is 0.0835 e. The number of hydrogen-bond donors (Lipinski definition) is 1. The van der Waals surface area contributed by atoms with Crippen LogP contribution < -0.4 is 5.32 Å². The molecule has 0 saturated heterocycles. The van der Waals surface area contributed by atoms with Crippen molar-refractivity contribution in [2.24, 2.45) is 5.92 Å². The van der Waals surface area contributed by atoms with E-state index < -0.39 is 0 Å². The van der Waals surface area contributed by atoms with Gasteiger partial charge in [-0.25, -0.2) is 0 Å². The third-order valence-electron chi connectivity index (χ3n) is 2.13. The predicted octanol–water partition coefficient (Wildman–Crippen LogP) is 4.45. The predicted molar refractivity (Wildman–Crippen MR) is 73.7 cm³/mol. The maximum atomic E-state index is 6.10. The van der Waals surface area contributed by atoms with E-state index in [1.165, 1.54) is 0 Å². The fourth-order valence-electron chi connectivity index (χ4n) is 1.29. The molecule has 1 rings (SSSR count). The van der Waals surface area contributed by atoms with Crippen LogP contribution in [0.1, 0.15) is 6.92 Å². The van der Waals surface area contributed by atoms with Gasteiger partial charge in [0.15, 0.2) is 0 Å². The summed E-state index contributed by atoms with van der Waals surface area (Å²) in [6.45, 7) is 3.62. The van der Waals surface area contributed by atoms with Crippen LogP contribution in [0.15, 0.2) is 16.6 Å². The van der Waals surface area contributed by atoms with E-state index in [2.05, 4.69) is 28.2 Å². The van der Waals surface area contributed by atoms with Crippen LogP contribution in [0.2, 0.25) is 10.0 Å². The molecule has 1 aromatic carbocycles. The zero-order valence-corrected chi connectivity index (χ0v) is 12.3. The van der Waals surface area contributed by atoms with E-state index in [0.717, 1.165) is 23.3 Å². The van der Waals surface area contributed by atoms with Crippen molar-refractivity contribution in [1.29, 1.82) is 0 Å². The number of benzene rings is 1. The number of anilines is 1. The Balaban J connectivity index is 2.64. The molecule has 0 aromatic heterocycles. The highest BCUT2D eigenvalue weighted by Crippen LogP contribution is 2.35. The highest BCUT2D eigenvalue weighted by Gasteiger charge is 2.09. The lowest BCUT2D eigenvalue weighted by Gasteiger charge is -2.14. The number of ether oxygens (including phenoxy) is 1. The lowest BCUT2D eigenvalue weighted by molar-refractivity contribution is 0.164. The highest BCUT2D eigenvalue weighted by molar-refractivity contribution is 9.10. The van der Waals surface area contributed by atoms with Crippen molar-refractivity contribution in [2.45, 2.75) is 6.92 Å². The van der Waals surface area contributed by atoms with Gasteiger partial charge in [-0.3, -0.25) is 0 Å². The molecule has 1 unspecified atom stereocenters. The Kier molecular flexibility index (Phi) is 5.90. The number of nitrogens with one attached hydrogen (secondary N) is 1. The SMILES string of the molecule is COCC(C)CNc1ccc(Br)c(Cl)c1Cl. The van der Waals surface area contributed by atoms with Gasteiger partial charge in [0.05, 0.1) is 22.3 Å². The second kappa shape index (κ2) is 6.70. The van der Waals surface area contributed by atoms with E-state index in [9.17, 15) is 0 Å². The van der Waals surface area contributed by atoms with E-state index in [1.807, 2.05) is 12.1 Å². The van der Waals surface area contributed by atoms with Crippen molar-refractivity contribution in [1.82, 2.24) is 0 Å². The van der Waals surface area contributed by atoms with Gasteiger partial charge in [0, 0.05) is 18.1 Å². The molecule has 0 bridgehead atoms. The molecular formula is C11H14BrCl2NO. The minimum absolute atomic E-state index is 0.420. The van der Waals surface area contributed by atoms with Crippen LogP contribution in [0.5, 0.6) is 0 Å². The molecule has 0 fully saturated rings. The standard InChI is InChI=1S/C11H14BrCl2NO/c1-7(6-16-2)5-15-9-4-3-8(12)10(13)11(9)14/h3-4,7,15H,5-6H2,1-2H3. The third-order valence-corrected chi connectivity index (χ3v) is 3.90. The first-order valence-electron chi connectivity index (χ1n) is 4.92. The summed E-state index contributed by atoms with van der Waals surface area (Å²) in [7, 11) is 1.69. The molecule has 0 saturated carbocycles. The minimum Gasteiger partial charge on any atom is -0.384 e. The second-order valence-electron chi connectivity index (χ2n) is 3.66. The Morgan fingerprint density at radius 1 is 1.38 bits per heavy atom. The molecule has 0 spiro atoms. The molecule has 5 heteroatoms. The minimum atomic E-state index is 0.420. The molecule has 2 nitrogen and oxygen atoms in total. The maximum absolute atomic E-state index is 6.10. The Morgan fingerprint density at radius 2 is 2.06 bits per heavy atom. The second-order valence-corrected chi connectivity index (χ2v) is 5.27. The summed E-state index contributed by atoms with van der Waals surface area (Å²) in [4.78, 5) is 0. The largest absolute Gasteiger partial charge is 0.384 e. The van der Waals surface area contributed by atoms with Crippen LogP contribution in [-0.4, -0.2) is 20.3 Å². The normalized spacial score (nSPS) is 12.6. The summed E-state index contributed by atoms with van der Waals surface area (Å²) in [6.07, 6.45) is 0. The molecule has 0 aliphatic heterocycles. The first-order chi connectivity index (χ1) is 7.56. The molecule has 0 radical (unpaired) electrons. The van der Waals surface area contributed by atoms with Gasteiger partial charge in [0.25, 0.3) is 0 Å². The van der Waals surface area contributed by atoms with Gasteiger partial charge in [-0.2, -0.15) is 0 Å². The molecule has 1 atom stereocenters. The average molecular weight is 327 g/mol. The number of halogens is 3. The third kappa shape index (κ3) is 3.81. The van der Waals surface area contributed by atoms with E-state index in [1.54, 1.807) is 7.11 Å². The van der Waals surface area contributed by atoms with Gasteiger partial charge >= 0.3 is 0 Å². The fraction of sp³-hybridized carbons (Fsp3) is 0.455. The molecule has 0 heterocycles. The summed E-state index contributed by atoms with van der Waals surface area (Å²) < 4.78 is 5.86. The van der Waals surface area contributed by atoms with E-state index in [-0.39, 0.29) is 0 Å². The topological polar surface area (TPSA) is 21.3 Å². The van der Waals surface area contributed by atoms with E-state index in [0.29, 0.717) is 16.0 Å². The van der Waals surface area contributed by atoms with Crippen LogP contribution in [0, 0.1) is 5.92 Å². The highest BCUT2D eigenvalue weighted by atomic mass is 79.9. The number of rotatable bonds is 5. The fourth-order valence-corrected chi connectivity index (χ4v) is 2.13. The van der Waals surface area contributed by atoms with Crippen LogP contribution >= 0.6 is 39.1 Å². The van der Waals surface area contributed by atoms with Crippen LogP contribution in [0.4, 0.5) is 5.69 Å². The summed E-state index contributed by atoms with van der Waals surface area (Å²) in [6, 6.07) is 3.77. The molecule has 0 aliphatic rings. The lowest BCUT2D eigenvalue weighted by Crippen LogP contribution is -2.15. The zero-order chi connectivity index (χ0) is 12.1. The molecule has 0 amide bonds. The van der Waals surface area contributed by atoms with Gasteiger partial charge in [-0.1, -0.05) is 30.1 Å². The van der Waals surface area contributed by atoms with Crippen LogP contribution in [0.3, 0.4) is 0 Å². The zero-order valence-electron chi connectivity index (χ0n) is 9.19. The Morgan fingerprint density at radius 3 is 2.69 bits per heavy atom. The lowest BCUT2D eigenvalue weighted by atomic mass is 10.2. The molecule has 16 heavy (non-hydrogen) atoms. The van der Waals surface area contributed by atoms with Crippen molar-refractivity contribution < 1.29 is 4.74 Å². The summed E-state index contributed by atoms with van der Waals surface area (Å²) in [5.74, 6) is 0.420. The Labute approximate surface area is 114 Å². The number of methoxy groups -OCH3 is 1. The Bertz CT molecular complexity index is 360. The monoisotopic (exact) mass is 325 g/mol. The van der Waals surface area contributed by atoms with Crippen LogP contribution in [-0.2, 0) is 4.74 Å². The van der Waals surface area contributed by atoms with Crippen LogP contribution in [0.25, 0.3) is 0 Å². The molecule has 0 aliphatic carbocycles. The summed E-state index contributed by atoms with van der Waals surface area (Å²) >= 11 is 15.4. The first kappa shape index (κ1) is 14.1. The smallest absolute Gasteiger partial charge is 0.0835 e. The first-order valence-corrected chi connectivity index (χ1v) is 6.47. The van der Waals surface area contributed by atoms with Crippen molar-refractivity contribution in [2.75, 3.05) is 25.6 Å². The van der Waals surface area contributed by atoms with Gasteiger partial charge in [0.1, 0.15) is 0 Å². The van der Waals surface area contributed by atoms with E-state index >= 15 is 0 Å². The van der Waals surface area contributed by atoms with Gasteiger partial charge < -0.3 is 10.1 Å². The van der Waals surface area contributed by atoms with Crippen molar-refractivity contribution in [3.8, 4) is 0 Å². The average Bonchev–Trinajstić information content (AvgIpc) is 2.25. The molecule has 1 aromatic rings. The van der Waals surface area contributed by atoms with Crippen molar-refractivity contribution >= 4 is 44.8 Å². The van der Waals surface area contributed by atoms with Gasteiger partial charge in [-0.05, 0) is 34.0 Å². The summed E-state index contributed by atoms with van der Waals surface area (Å²) in [5.41, 5.74) is 0.845. The van der Waals surface area contributed by atoms with Crippen molar-refractivity contribution in [3.05, 3.63) is 26.7 Å². The summed E-state index contributed by atoms with van der Waals surface area (Å²) in [5, 5.41) is 4.32. The molecule has 1 N–H and O–H groups in total. The van der Waals surface area contributed by atoms with Crippen molar-refractivity contribution in [3.63, 3.8) is 0 Å². The quantitative estimate of drug-likeness (QED) is 0.807.